The molecule has 0 bridgehead atoms. The van der Waals surface area contributed by atoms with Crippen LogP contribution in [0.5, 0.6) is 0 Å². The van der Waals surface area contributed by atoms with Gasteiger partial charge in [0.25, 0.3) is 0 Å². The Balaban J connectivity index is 2.51. The first-order valence-electron chi connectivity index (χ1n) is 7.62. The second kappa shape index (κ2) is 8.95. The Morgan fingerprint density at radius 2 is 1.75 bits per heavy atom. The summed E-state index contributed by atoms with van der Waals surface area (Å²) in [6.07, 6.45) is 4.45. The summed E-state index contributed by atoms with van der Waals surface area (Å²) in [5.74, 6) is -0.334. The van der Waals surface area contributed by atoms with Gasteiger partial charge in [-0.25, -0.2) is 0 Å². The van der Waals surface area contributed by atoms with Gasteiger partial charge in [0, 0.05) is 12.6 Å². The molecule has 5 heteroatoms. The summed E-state index contributed by atoms with van der Waals surface area (Å²) in [6.45, 7) is 5.10. The highest BCUT2D eigenvalue weighted by Crippen LogP contribution is 2.29. The van der Waals surface area contributed by atoms with Crippen molar-refractivity contribution >= 4 is 11.9 Å². The zero-order valence-corrected chi connectivity index (χ0v) is 12.9. The van der Waals surface area contributed by atoms with Gasteiger partial charge in [-0.1, -0.05) is 12.8 Å². The van der Waals surface area contributed by atoms with Crippen LogP contribution in [0.15, 0.2) is 0 Å². The Morgan fingerprint density at radius 3 is 2.40 bits per heavy atom. The smallest absolute Gasteiger partial charge is 0.310 e. The van der Waals surface area contributed by atoms with Gasteiger partial charge < -0.3 is 14.4 Å². The fourth-order valence-electron chi connectivity index (χ4n) is 2.83. The number of hydrogen-bond acceptors (Lipinski definition) is 5. The van der Waals surface area contributed by atoms with Crippen molar-refractivity contribution < 1.29 is 19.1 Å². The molecule has 1 rings (SSSR count). The van der Waals surface area contributed by atoms with E-state index >= 15 is 0 Å². The third kappa shape index (κ3) is 5.12. The van der Waals surface area contributed by atoms with E-state index in [1.807, 2.05) is 14.0 Å². The number of nitrogens with zero attached hydrogens (tertiary/aromatic N) is 1. The van der Waals surface area contributed by atoms with Crippen LogP contribution < -0.4 is 0 Å². The Bertz CT molecular complexity index is 319. The first-order valence-corrected chi connectivity index (χ1v) is 7.62. The molecule has 1 aliphatic carbocycles. The van der Waals surface area contributed by atoms with Crippen LogP contribution in [-0.2, 0) is 19.1 Å². The SMILES string of the molecule is CCOC(=O)CCN(C)C1CCCCC1C(=O)OCC. The topological polar surface area (TPSA) is 55.8 Å². The van der Waals surface area contributed by atoms with Crippen molar-refractivity contribution in [2.75, 3.05) is 26.8 Å². The first-order chi connectivity index (χ1) is 9.60. The Labute approximate surface area is 121 Å². The maximum atomic E-state index is 12.0. The van der Waals surface area contributed by atoms with Gasteiger partial charge in [-0.05, 0) is 33.7 Å². The van der Waals surface area contributed by atoms with Crippen molar-refractivity contribution in [3.63, 3.8) is 0 Å². The van der Waals surface area contributed by atoms with E-state index in [1.54, 1.807) is 6.92 Å². The molecule has 1 aliphatic rings. The molecule has 0 amide bonds. The number of hydrogen-bond donors (Lipinski definition) is 0. The molecule has 116 valence electrons. The van der Waals surface area contributed by atoms with Gasteiger partial charge in [0.2, 0.25) is 0 Å². The lowest BCUT2D eigenvalue weighted by atomic mass is 9.83. The molecule has 5 nitrogen and oxygen atoms in total. The summed E-state index contributed by atoms with van der Waals surface area (Å²) < 4.78 is 10.1. The zero-order valence-electron chi connectivity index (χ0n) is 12.9. The number of esters is 2. The van der Waals surface area contributed by atoms with Gasteiger partial charge in [0.1, 0.15) is 0 Å². The lowest BCUT2D eigenvalue weighted by Crippen LogP contribution is -2.44. The predicted octanol–water partition coefficient (Wildman–Crippen LogP) is 1.99. The van der Waals surface area contributed by atoms with Crippen LogP contribution in [0.25, 0.3) is 0 Å². The second-order valence-electron chi connectivity index (χ2n) is 5.25. The molecule has 1 fully saturated rings. The molecule has 1 saturated carbocycles. The quantitative estimate of drug-likeness (QED) is 0.670. The summed E-state index contributed by atoms with van der Waals surface area (Å²) in [4.78, 5) is 25.5. The average Bonchev–Trinajstić information content (AvgIpc) is 2.45. The van der Waals surface area contributed by atoms with E-state index in [0.29, 0.717) is 26.2 Å². The van der Waals surface area contributed by atoms with E-state index in [9.17, 15) is 9.59 Å². The Hall–Kier alpha value is -1.10. The van der Waals surface area contributed by atoms with Gasteiger partial charge in [0.15, 0.2) is 0 Å². The minimum atomic E-state index is -0.178. The van der Waals surface area contributed by atoms with Crippen molar-refractivity contribution in [2.24, 2.45) is 5.92 Å². The highest BCUT2D eigenvalue weighted by molar-refractivity contribution is 5.73. The van der Waals surface area contributed by atoms with Crippen molar-refractivity contribution in [3.05, 3.63) is 0 Å². The van der Waals surface area contributed by atoms with Crippen LogP contribution >= 0.6 is 0 Å². The molecule has 2 atom stereocenters. The molecule has 0 aromatic rings. The van der Waals surface area contributed by atoms with Crippen molar-refractivity contribution in [1.29, 1.82) is 0 Å². The highest BCUT2D eigenvalue weighted by atomic mass is 16.5. The summed E-state index contributed by atoms with van der Waals surface area (Å²) >= 11 is 0. The van der Waals surface area contributed by atoms with Crippen LogP contribution in [0, 0.1) is 5.92 Å². The monoisotopic (exact) mass is 285 g/mol. The molecular weight excluding hydrogens is 258 g/mol. The third-order valence-electron chi connectivity index (χ3n) is 3.86. The van der Waals surface area contributed by atoms with Crippen LogP contribution in [0.4, 0.5) is 0 Å². The van der Waals surface area contributed by atoms with Crippen LogP contribution in [-0.4, -0.2) is 49.7 Å². The second-order valence-corrected chi connectivity index (χ2v) is 5.25. The van der Waals surface area contributed by atoms with E-state index in [2.05, 4.69) is 4.90 Å². The minimum Gasteiger partial charge on any atom is -0.466 e. The van der Waals surface area contributed by atoms with Gasteiger partial charge in [-0.15, -0.1) is 0 Å². The molecule has 0 aromatic heterocycles. The summed E-state index contributed by atoms with van der Waals surface area (Å²) in [7, 11) is 1.97. The fourth-order valence-corrected chi connectivity index (χ4v) is 2.83. The van der Waals surface area contributed by atoms with Gasteiger partial charge >= 0.3 is 11.9 Å². The van der Waals surface area contributed by atoms with E-state index < -0.39 is 0 Å². The molecule has 0 aromatic carbocycles. The van der Waals surface area contributed by atoms with Crippen molar-refractivity contribution in [3.8, 4) is 0 Å². The summed E-state index contributed by atoms with van der Waals surface area (Å²) in [6, 6.07) is 0.178. The molecule has 0 spiro atoms. The molecular formula is C15H27NO4. The van der Waals surface area contributed by atoms with E-state index in [-0.39, 0.29) is 23.9 Å². The molecule has 0 saturated heterocycles. The van der Waals surface area contributed by atoms with Gasteiger partial charge in [-0.3, -0.25) is 9.59 Å². The molecule has 20 heavy (non-hydrogen) atoms. The maximum Gasteiger partial charge on any atom is 0.310 e. The lowest BCUT2D eigenvalue weighted by molar-refractivity contribution is -0.151. The Morgan fingerprint density at radius 1 is 1.10 bits per heavy atom. The van der Waals surface area contributed by atoms with E-state index in [4.69, 9.17) is 9.47 Å². The number of carbonyl (C=O) groups is 2. The Kier molecular flexibility index (Phi) is 7.59. The first kappa shape index (κ1) is 17.0. The van der Waals surface area contributed by atoms with Gasteiger partial charge in [-0.2, -0.15) is 0 Å². The number of rotatable bonds is 7. The maximum absolute atomic E-state index is 12.0. The molecule has 0 radical (unpaired) electrons. The van der Waals surface area contributed by atoms with Crippen LogP contribution in [0.2, 0.25) is 0 Å². The largest absolute Gasteiger partial charge is 0.466 e. The van der Waals surface area contributed by atoms with Crippen molar-refractivity contribution in [1.82, 2.24) is 4.90 Å². The normalized spacial score (nSPS) is 22.6. The van der Waals surface area contributed by atoms with Crippen molar-refractivity contribution in [2.45, 2.75) is 52.0 Å². The molecule has 0 N–H and O–H groups in total. The summed E-state index contributed by atoms with van der Waals surface area (Å²) in [5.41, 5.74) is 0. The minimum absolute atomic E-state index is 0.0594. The van der Waals surface area contributed by atoms with Crippen LogP contribution in [0.1, 0.15) is 46.0 Å². The third-order valence-corrected chi connectivity index (χ3v) is 3.86. The van der Waals surface area contributed by atoms with Crippen LogP contribution in [0.3, 0.4) is 0 Å². The highest BCUT2D eigenvalue weighted by Gasteiger charge is 2.34. The predicted molar refractivity (Wildman–Crippen MR) is 76.3 cm³/mol. The number of carbonyl (C=O) groups excluding carboxylic acids is 2. The molecule has 2 unspecified atom stereocenters. The van der Waals surface area contributed by atoms with Gasteiger partial charge in [0.05, 0.1) is 25.6 Å². The van der Waals surface area contributed by atoms with E-state index in [0.717, 1.165) is 25.7 Å². The fraction of sp³-hybridized carbons (Fsp3) is 0.867. The van der Waals surface area contributed by atoms with E-state index in [1.165, 1.54) is 0 Å². The number of ether oxygens (including phenoxy) is 2. The zero-order chi connectivity index (χ0) is 15.0. The summed E-state index contributed by atoms with van der Waals surface area (Å²) in [5, 5.41) is 0. The lowest BCUT2D eigenvalue weighted by Gasteiger charge is -2.36. The molecule has 0 aliphatic heterocycles. The standard InChI is InChI=1S/C15H27NO4/c1-4-19-14(17)10-11-16(3)13-9-7-6-8-12(13)15(18)20-5-2/h12-13H,4-11H2,1-3H3. The average molecular weight is 285 g/mol. The molecule has 0 heterocycles.